The van der Waals surface area contributed by atoms with Crippen LogP contribution in [0.2, 0.25) is 0 Å². The summed E-state index contributed by atoms with van der Waals surface area (Å²) in [6.45, 7) is 3.43. The zero-order valence-electron chi connectivity index (χ0n) is 18.8. The molecule has 2 N–H and O–H groups in total. The fraction of sp³-hybridized carbons (Fsp3) is 0.435. The van der Waals surface area contributed by atoms with Gasteiger partial charge in [0.05, 0.1) is 24.8 Å². The smallest absolute Gasteiger partial charge is 0.319 e. The number of amides is 2. The van der Waals surface area contributed by atoms with Gasteiger partial charge in [-0.3, -0.25) is 0 Å². The minimum Gasteiger partial charge on any atom is -0.497 e. The van der Waals surface area contributed by atoms with E-state index >= 15 is 0 Å². The van der Waals surface area contributed by atoms with Gasteiger partial charge >= 0.3 is 6.03 Å². The fourth-order valence-corrected chi connectivity index (χ4v) is 5.24. The van der Waals surface area contributed by atoms with Crippen LogP contribution in [0, 0.1) is 12.8 Å². The molecule has 32 heavy (non-hydrogen) atoms. The molecule has 1 aliphatic heterocycles. The van der Waals surface area contributed by atoms with Gasteiger partial charge in [0.1, 0.15) is 11.5 Å². The van der Waals surface area contributed by atoms with Gasteiger partial charge in [0.25, 0.3) is 0 Å². The standard InChI is InChI=1S/C23H31N3O5S/c1-17-4-7-20(8-5-17)32(28,29)26-14-11-18(12-15-26)10-13-24-23(27)25-21-16-19(30-2)6-9-22(21)31-3/h4-9,16,18H,10-15H2,1-3H3,(H2,24,25,27). The normalized spacial score (nSPS) is 15.2. The van der Waals surface area contributed by atoms with Crippen LogP contribution in [0.25, 0.3) is 0 Å². The van der Waals surface area contributed by atoms with Crippen molar-refractivity contribution in [1.29, 1.82) is 0 Å². The molecule has 9 heteroatoms. The predicted octanol–water partition coefficient (Wildman–Crippen LogP) is 3.62. The number of carbonyl (C=O) groups is 1. The molecule has 0 saturated carbocycles. The van der Waals surface area contributed by atoms with Gasteiger partial charge in [-0.05, 0) is 56.4 Å². The van der Waals surface area contributed by atoms with Crippen molar-refractivity contribution in [3.05, 3.63) is 48.0 Å². The van der Waals surface area contributed by atoms with Crippen LogP contribution >= 0.6 is 0 Å². The van der Waals surface area contributed by atoms with E-state index < -0.39 is 10.0 Å². The molecule has 1 heterocycles. The van der Waals surface area contributed by atoms with Crippen molar-refractivity contribution in [3.63, 3.8) is 0 Å². The molecule has 2 aromatic rings. The first kappa shape index (κ1) is 23.9. The molecule has 174 valence electrons. The van der Waals surface area contributed by atoms with Crippen LogP contribution in [-0.2, 0) is 10.0 Å². The predicted molar refractivity (Wildman–Crippen MR) is 124 cm³/mol. The number of nitrogens with one attached hydrogen (secondary N) is 2. The number of hydrogen-bond acceptors (Lipinski definition) is 5. The van der Waals surface area contributed by atoms with Gasteiger partial charge in [-0.1, -0.05) is 17.7 Å². The molecule has 1 fully saturated rings. The highest BCUT2D eigenvalue weighted by Crippen LogP contribution is 2.29. The van der Waals surface area contributed by atoms with Gasteiger partial charge in [0.2, 0.25) is 10.0 Å². The number of hydrogen-bond donors (Lipinski definition) is 2. The Morgan fingerprint density at radius 2 is 1.75 bits per heavy atom. The van der Waals surface area contributed by atoms with Crippen molar-refractivity contribution in [2.45, 2.75) is 31.1 Å². The molecule has 0 bridgehead atoms. The zero-order chi connectivity index (χ0) is 23.1. The van der Waals surface area contributed by atoms with Gasteiger partial charge < -0.3 is 20.1 Å². The van der Waals surface area contributed by atoms with E-state index in [4.69, 9.17) is 9.47 Å². The average molecular weight is 462 g/mol. The summed E-state index contributed by atoms with van der Waals surface area (Å²) in [6.07, 6.45) is 2.34. The topological polar surface area (TPSA) is 97.0 Å². The molecule has 0 unspecified atom stereocenters. The van der Waals surface area contributed by atoms with E-state index in [0.717, 1.165) is 24.8 Å². The molecular weight excluding hydrogens is 430 g/mol. The number of piperidine rings is 1. The maximum atomic E-state index is 12.8. The highest BCUT2D eigenvalue weighted by Gasteiger charge is 2.29. The van der Waals surface area contributed by atoms with Gasteiger partial charge in [-0.2, -0.15) is 4.31 Å². The van der Waals surface area contributed by atoms with Crippen LogP contribution in [0.1, 0.15) is 24.8 Å². The monoisotopic (exact) mass is 461 g/mol. The largest absolute Gasteiger partial charge is 0.497 e. The van der Waals surface area contributed by atoms with E-state index in [1.165, 1.54) is 7.11 Å². The number of anilines is 1. The molecule has 0 aromatic heterocycles. The number of aryl methyl sites for hydroxylation is 1. The summed E-state index contributed by atoms with van der Waals surface area (Å²) in [5, 5.41) is 5.64. The van der Waals surface area contributed by atoms with E-state index in [0.29, 0.717) is 47.6 Å². The van der Waals surface area contributed by atoms with E-state index in [9.17, 15) is 13.2 Å². The number of benzene rings is 2. The second-order valence-electron chi connectivity index (χ2n) is 7.90. The summed E-state index contributed by atoms with van der Waals surface area (Å²) in [4.78, 5) is 12.6. The van der Waals surface area contributed by atoms with Crippen molar-refractivity contribution in [2.24, 2.45) is 5.92 Å². The first-order chi connectivity index (χ1) is 15.3. The number of sulfonamides is 1. The van der Waals surface area contributed by atoms with E-state index in [2.05, 4.69) is 10.6 Å². The van der Waals surface area contributed by atoms with Gasteiger partial charge in [-0.15, -0.1) is 0 Å². The molecular formula is C23H31N3O5S. The Balaban J connectivity index is 1.44. The van der Waals surface area contributed by atoms with E-state index in [-0.39, 0.29) is 6.03 Å². The second kappa shape index (κ2) is 10.7. The molecule has 2 amide bonds. The van der Waals surface area contributed by atoms with Crippen LogP contribution in [-0.4, -0.2) is 52.6 Å². The maximum absolute atomic E-state index is 12.8. The number of rotatable bonds is 8. The lowest BCUT2D eigenvalue weighted by molar-refractivity contribution is 0.245. The Bertz CT molecular complexity index is 1020. The molecule has 3 rings (SSSR count). The number of methoxy groups -OCH3 is 2. The SMILES string of the molecule is COc1ccc(OC)c(NC(=O)NCCC2CCN(S(=O)(=O)c3ccc(C)cc3)CC2)c1. The lowest BCUT2D eigenvalue weighted by Gasteiger charge is -2.31. The lowest BCUT2D eigenvalue weighted by atomic mass is 9.95. The van der Waals surface area contributed by atoms with Crippen molar-refractivity contribution >= 4 is 21.7 Å². The summed E-state index contributed by atoms with van der Waals surface area (Å²) in [7, 11) is -0.355. The van der Waals surface area contributed by atoms with Crippen molar-refractivity contribution < 1.29 is 22.7 Å². The second-order valence-corrected chi connectivity index (χ2v) is 9.83. The van der Waals surface area contributed by atoms with Crippen LogP contribution < -0.4 is 20.1 Å². The summed E-state index contributed by atoms with van der Waals surface area (Å²) in [5.41, 5.74) is 1.56. The zero-order valence-corrected chi connectivity index (χ0v) is 19.6. The minimum atomic E-state index is -3.45. The number of ether oxygens (including phenoxy) is 2. The summed E-state index contributed by atoms with van der Waals surface area (Å²) >= 11 is 0. The van der Waals surface area contributed by atoms with E-state index in [1.807, 2.05) is 19.1 Å². The van der Waals surface area contributed by atoms with Crippen LogP contribution in [0.15, 0.2) is 47.4 Å². The summed E-state index contributed by atoms with van der Waals surface area (Å²) < 4.78 is 37.7. The van der Waals surface area contributed by atoms with Gasteiger partial charge in [-0.25, -0.2) is 13.2 Å². The third-order valence-corrected chi connectivity index (χ3v) is 7.64. The number of urea groups is 1. The first-order valence-electron chi connectivity index (χ1n) is 10.7. The molecule has 8 nitrogen and oxygen atoms in total. The molecule has 0 radical (unpaired) electrons. The maximum Gasteiger partial charge on any atom is 0.319 e. The fourth-order valence-electron chi connectivity index (χ4n) is 3.77. The Hall–Kier alpha value is -2.78. The Labute approximate surface area is 190 Å². The van der Waals surface area contributed by atoms with Crippen LogP contribution in [0.5, 0.6) is 11.5 Å². The molecule has 0 atom stereocenters. The molecule has 0 aliphatic carbocycles. The van der Waals surface area contributed by atoms with Gasteiger partial charge in [0, 0.05) is 25.7 Å². The quantitative estimate of drug-likeness (QED) is 0.626. The third-order valence-electron chi connectivity index (χ3n) is 5.73. The summed E-state index contributed by atoms with van der Waals surface area (Å²) in [6, 6.07) is 11.8. The van der Waals surface area contributed by atoms with Crippen LogP contribution in [0.3, 0.4) is 0 Å². The highest BCUT2D eigenvalue weighted by molar-refractivity contribution is 7.89. The van der Waals surface area contributed by atoms with Crippen molar-refractivity contribution in [3.8, 4) is 11.5 Å². The lowest BCUT2D eigenvalue weighted by Crippen LogP contribution is -2.39. The molecule has 1 aliphatic rings. The van der Waals surface area contributed by atoms with Crippen molar-refractivity contribution in [2.75, 3.05) is 39.2 Å². The summed E-state index contributed by atoms with van der Waals surface area (Å²) in [5.74, 6) is 1.53. The number of carbonyl (C=O) groups excluding carboxylic acids is 1. The molecule has 0 spiro atoms. The molecule has 1 saturated heterocycles. The Morgan fingerprint density at radius 3 is 2.38 bits per heavy atom. The average Bonchev–Trinajstić information content (AvgIpc) is 2.79. The van der Waals surface area contributed by atoms with E-state index in [1.54, 1.807) is 41.7 Å². The third kappa shape index (κ3) is 5.92. The Morgan fingerprint density at radius 1 is 1.06 bits per heavy atom. The first-order valence-corrected chi connectivity index (χ1v) is 12.1. The van der Waals surface area contributed by atoms with Gasteiger partial charge in [0.15, 0.2) is 0 Å². The Kier molecular flexibility index (Phi) is 7.98. The van der Waals surface area contributed by atoms with Crippen LogP contribution in [0.4, 0.5) is 10.5 Å². The molecule has 2 aromatic carbocycles. The minimum absolute atomic E-state index is 0.323. The number of nitrogens with zero attached hydrogens (tertiary/aromatic N) is 1. The highest BCUT2D eigenvalue weighted by atomic mass is 32.2. The van der Waals surface area contributed by atoms with Crippen molar-refractivity contribution in [1.82, 2.24) is 9.62 Å².